The molecule has 0 bridgehead atoms. The van der Waals surface area contributed by atoms with E-state index in [0.717, 1.165) is 25.9 Å². The van der Waals surface area contributed by atoms with Crippen LogP contribution in [0.25, 0.3) is 0 Å². The second-order valence-electron chi connectivity index (χ2n) is 2.97. The van der Waals surface area contributed by atoms with Gasteiger partial charge >= 0.3 is 0 Å². The Morgan fingerprint density at radius 3 is 2.30 bits per heavy atom. The van der Waals surface area contributed by atoms with E-state index in [2.05, 4.69) is 25.0 Å². The Kier molecular flexibility index (Phi) is 2.15. The lowest BCUT2D eigenvalue weighted by Crippen LogP contribution is -2.28. The fraction of sp³-hybridized carbons (Fsp3) is 0.556. The van der Waals surface area contributed by atoms with E-state index < -0.39 is 0 Å². The van der Waals surface area contributed by atoms with Gasteiger partial charge in [0, 0.05) is 18.8 Å². The quantitative estimate of drug-likeness (QED) is 0.501. The van der Waals surface area contributed by atoms with Crippen molar-refractivity contribution in [3.05, 3.63) is 24.4 Å². The lowest BCUT2D eigenvalue weighted by atomic mass is 10.1. The number of allylic oxidation sites excluding steroid dienone is 1. The summed E-state index contributed by atoms with van der Waals surface area (Å²) < 4.78 is 0. The van der Waals surface area contributed by atoms with E-state index in [-0.39, 0.29) is 0 Å². The molecular weight excluding hydrogens is 122 g/mol. The van der Waals surface area contributed by atoms with Gasteiger partial charge in [-0.3, -0.25) is 0 Å². The van der Waals surface area contributed by atoms with Crippen LogP contribution in [0.3, 0.4) is 0 Å². The maximum Gasteiger partial charge on any atom is 0.0212 e. The molecule has 1 heterocycles. The molecule has 56 valence electrons. The van der Waals surface area contributed by atoms with Gasteiger partial charge in [-0.15, -0.1) is 0 Å². The van der Waals surface area contributed by atoms with E-state index >= 15 is 0 Å². The molecule has 0 amide bonds. The Hall–Kier alpha value is -0.720. The summed E-state index contributed by atoms with van der Waals surface area (Å²) in [5.41, 5.74) is 2.57. The second kappa shape index (κ2) is 2.91. The Bertz CT molecular complexity index is 148. The lowest BCUT2D eigenvalue weighted by molar-refractivity contribution is 0.324. The highest BCUT2D eigenvalue weighted by Gasteiger charge is 2.10. The Labute approximate surface area is 63.0 Å². The van der Waals surface area contributed by atoms with E-state index in [1.165, 1.54) is 11.3 Å². The Morgan fingerprint density at radius 1 is 1.40 bits per heavy atom. The van der Waals surface area contributed by atoms with Crippen LogP contribution < -0.4 is 0 Å². The van der Waals surface area contributed by atoms with E-state index in [1.54, 1.807) is 0 Å². The van der Waals surface area contributed by atoms with E-state index in [1.807, 2.05) is 0 Å². The SMILES string of the molecule is C=C1CCN(C(=C)C)CC1. The molecule has 0 aromatic heterocycles. The van der Waals surface area contributed by atoms with Crippen LogP contribution >= 0.6 is 0 Å². The number of piperidine rings is 1. The normalized spacial score (nSPS) is 19.3. The summed E-state index contributed by atoms with van der Waals surface area (Å²) in [5, 5.41) is 0. The van der Waals surface area contributed by atoms with Crippen molar-refractivity contribution in [2.45, 2.75) is 19.8 Å². The third-order valence-corrected chi connectivity index (χ3v) is 2.01. The predicted molar refractivity (Wildman–Crippen MR) is 44.8 cm³/mol. The monoisotopic (exact) mass is 137 g/mol. The molecule has 1 rings (SSSR count). The van der Waals surface area contributed by atoms with Crippen LogP contribution in [0.5, 0.6) is 0 Å². The number of rotatable bonds is 1. The van der Waals surface area contributed by atoms with Crippen LogP contribution in [0, 0.1) is 0 Å². The van der Waals surface area contributed by atoms with Gasteiger partial charge in [-0.2, -0.15) is 0 Å². The van der Waals surface area contributed by atoms with Crippen molar-refractivity contribution in [1.82, 2.24) is 4.90 Å². The van der Waals surface area contributed by atoms with Crippen LogP contribution in [0.2, 0.25) is 0 Å². The molecule has 0 aromatic carbocycles. The minimum absolute atomic E-state index is 1.12. The molecule has 1 nitrogen and oxygen atoms in total. The first-order chi connectivity index (χ1) is 4.70. The average Bonchev–Trinajstić information content (AvgIpc) is 1.88. The zero-order valence-corrected chi connectivity index (χ0v) is 6.69. The summed E-state index contributed by atoms with van der Waals surface area (Å²) in [7, 11) is 0. The molecule has 10 heavy (non-hydrogen) atoms. The van der Waals surface area contributed by atoms with Gasteiger partial charge in [-0.25, -0.2) is 0 Å². The zero-order valence-electron chi connectivity index (χ0n) is 6.69. The van der Waals surface area contributed by atoms with Gasteiger partial charge in [0.1, 0.15) is 0 Å². The molecule has 1 saturated heterocycles. The van der Waals surface area contributed by atoms with Gasteiger partial charge in [-0.05, 0) is 19.8 Å². The van der Waals surface area contributed by atoms with Crippen molar-refractivity contribution in [3.63, 3.8) is 0 Å². The first-order valence-electron chi connectivity index (χ1n) is 3.77. The maximum atomic E-state index is 3.95. The maximum absolute atomic E-state index is 3.95. The molecule has 1 aliphatic rings. The van der Waals surface area contributed by atoms with Gasteiger partial charge in [0.2, 0.25) is 0 Å². The van der Waals surface area contributed by atoms with Gasteiger partial charge < -0.3 is 4.90 Å². The van der Waals surface area contributed by atoms with Crippen LogP contribution in [0.1, 0.15) is 19.8 Å². The van der Waals surface area contributed by atoms with Crippen LogP contribution in [-0.2, 0) is 0 Å². The van der Waals surface area contributed by atoms with Crippen molar-refractivity contribution in [3.8, 4) is 0 Å². The molecule has 0 radical (unpaired) electrons. The highest BCUT2D eigenvalue weighted by molar-refractivity contribution is 5.03. The number of nitrogens with zero attached hydrogens (tertiary/aromatic N) is 1. The van der Waals surface area contributed by atoms with Gasteiger partial charge in [-0.1, -0.05) is 18.7 Å². The molecule has 0 unspecified atom stereocenters. The molecule has 0 spiro atoms. The highest BCUT2D eigenvalue weighted by atomic mass is 15.1. The minimum atomic E-state index is 1.12. The van der Waals surface area contributed by atoms with Crippen molar-refractivity contribution < 1.29 is 0 Å². The molecule has 0 N–H and O–H groups in total. The van der Waals surface area contributed by atoms with Crippen molar-refractivity contribution in [2.24, 2.45) is 0 Å². The predicted octanol–water partition coefficient (Wildman–Crippen LogP) is 2.17. The Balaban J connectivity index is 2.40. The number of likely N-dealkylation sites (tertiary alicyclic amines) is 1. The number of hydrogen-bond acceptors (Lipinski definition) is 1. The fourth-order valence-corrected chi connectivity index (χ4v) is 1.20. The molecule has 0 aliphatic carbocycles. The fourth-order valence-electron chi connectivity index (χ4n) is 1.20. The van der Waals surface area contributed by atoms with E-state index in [4.69, 9.17) is 0 Å². The number of hydrogen-bond donors (Lipinski definition) is 0. The van der Waals surface area contributed by atoms with E-state index in [0.29, 0.717) is 0 Å². The second-order valence-corrected chi connectivity index (χ2v) is 2.97. The van der Waals surface area contributed by atoms with Gasteiger partial charge in [0.15, 0.2) is 0 Å². The summed E-state index contributed by atoms with van der Waals surface area (Å²) in [6, 6.07) is 0. The topological polar surface area (TPSA) is 3.24 Å². The summed E-state index contributed by atoms with van der Waals surface area (Å²) in [6.07, 6.45) is 2.29. The molecule has 1 fully saturated rings. The minimum Gasteiger partial charge on any atom is -0.375 e. The third kappa shape index (κ3) is 1.63. The first kappa shape index (κ1) is 7.39. The zero-order chi connectivity index (χ0) is 7.56. The van der Waals surface area contributed by atoms with Gasteiger partial charge in [0.05, 0.1) is 0 Å². The lowest BCUT2D eigenvalue weighted by Gasteiger charge is -2.29. The van der Waals surface area contributed by atoms with Gasteiger partial charge in [0.25, 0.3) is 0 Å². The summed E-state index contributed by atoms with van der Waals surface area (Å²) in [5.74, 6) is 0. The standard InChI is InChI=1S/C9H15N/c1-8(2)10-6-4-9(3)5-7-10/h1,3-7H2,2H3. The summed E-state index contributed by atoms with van der Waals surface area (Å²) in [4.78, 5) is 2.31. The van der Waals surface area contributed by atoms with Crippen LogP contribution in [0.15, 0.2) is 24.4 Å². The van der Waals surface area contributed by atoms with Crippen LogP contribution in [-0.4, -0.2) is 18.0 Å². The molecule has 0 aromatic rings. The molecule has 0 atom stereocenters. The molecule has 1 aliphatic heterocycles. The van der Waals surface area contributed by atoms with E-state index in [9.17, 15) is 0 Å². The molecule has 0 saturated carbocycles. The van der Waals surface area contributed by atoms with Crippen LogP contribution in [0.4, 0.5) is 0 Å². The van der Waals surface area contributed by atoms with Crippen molar-refractivity contribution in [1.29, 1.82) is 0 Å². The smallest absolute Gasteiger partial charge is 0.0212 e. The first-order valence-corrected chi connectivity index (χ1v) is 3.77. The largest absolute Gasteiger partial charge is 0.375 e. The third-order valence-electron chi connectivity index (χ3n) is 2.01. The summed E-state index contributed by atoms with van der Waals surface area (Å²) >= 11 is 0. The molecular formula is C9H15N. The summed E-state index contributed by atoms with van der Waals surface area (Å²) in [6.45, 7) is 12.2. The molecule has 1 heteroatoms. The van der Waals surface area contributed by atoms with Crippen molar-refractivity contribution in [2.75, 3.05) is 13.1 Å². The van der Waals surface area contributed by atoms with Crippen molar-refractivity contribution >= 4 is 0 Å². The Morgan fingerprint density at radius 2 is 1.90 bits per heavy atom. The average molecular weight is 137 g/mol. The highest BCUT2D eigenvalue weighted by Crippen LogP contribution is 2.16.